The van der Waals surface area contributed by atoms with Gasteiger partial charge in [-0.2, -0.15) is 0 Å². The number of piperidine rings is 1. The van der Waals surface area contributed by atoms with Crippen molar-refractivity contribution < 1.29 is 13.2 Å². The molecule has 0 bridgehead atoms. The van der Waals surface area contributed by atoms with Gasteiger partial charge in [0.25, 0.3) is 0 Å². The van der Waals surface area contributed by atoms with Gasteiger partial charge in [0.1, 0.15) is 0 Å². The Bertz CT molecular complexity index is 1160. The highest BCUT2D eigenvalue weighted by Gasteiger charge is 2.30. The van der Waals surface area contributed by atoms with E-state index in [0.29, 0.717) is 25.9 Å². The van der Waals surface area contributed by atoms with E-state index in [1.54, 1.807) is 6.92 Å². The van der Waals surface area contributed by atoms with Gasteiger partial charge in [-0.1, -0.05) is 18.2 Å². The van der Waals surface area contributed by atoms with E-state index in [9.17, 15) is 13.2 Å². The fraction of sp³-hybridized carbons (Fsp3) is 0.409. The van der Waals surface area contributed by atoms with Crippen LogP contribution >= 0.6 is 0 Å². The lowest BCUT2D eigenvalue weighted by atomic mass is 9.97. The van der Waals surface area contributed by atoms with E-state index in [-0.39, 0.29) is 17.6 Å². The highest BCUT2D eigenvalue weighted by atomic mass is 32.2. The molecule has 6 nitrogen and oxygen atoms in total. The predicted octanol–water partition coefficient (Wildman–Crippen LogP) is 3.81. The number of hydrogen-bond acceptors (Lipinski definition) is 3. The number of anilines is 1. The molecule has 1 aliphatic rings. The molecule has 1 saturated heterocycles. The molecule has 0 radical (unpaired) electrons. The molecule has 0 aliphatic carbocycles. The van der Waals surface area contributed by atoms with Crippen molar-refractivity contribution in [2.75, 3.05) is 24.2 Å². The van der Waals surface area contributed by atoms with Gasteiger partial charge >= 0.3 is 0 Å². The van der Waals surface area contributed by atoms with Crippen LogP contribution < -0.4 is 5.32 Å². The van der Waals surface area contributed by atoms with Crippen molar-refractivity contribution in [2.45, 2.75) is 33.2 Å². The Morgan fingerprint density at radius 1 is 1.03 bits per heavy atom. The van der Waals surface area contributed by atoms with E-state index in [2.05, 4.69) is 35.0 Å². The number of nitrogens with one attached hydrogen (secondary N) is 1. The van der Waals surface area contributed by atoms with Gasteiger partial charge in [-0.3, -0.25) is 4.79 Å². The lowest BCUT2D eigenvalue weighted by Crippen LogP contribution is -2.42. The van der Waals surface area contributed by atoms with Crippen LogP contribution in [0.3, 0.4) is 0 Å². The number of para-hydroxylation sites is 1. The molecular weight excluding hydrogens is 386 g/mol. The van der Waals surface area contributed by atoms with Gasteiger partial charge in [-0.05, 0) is 51.0 Å². The van der Waals surface area contributed by atoms with Crippen LogP contribution in [0, 0.1) is 5.92 Å². The summed E-state index contributed by atoms with van der Waals surface area (Å²) in [6, 6.07) is 14.4. The Labute approximate surface area is 171 Å². The van der Waals surface area contributed by atoms with Crippen molar-refractivity contribution in [3.63, 3.8) is 0 Å². The second kappa shape index (κ2) is 7.80. The van der Waals surface area contributed by atoms with Crippen LogP contribution in [0.5, 0.6) is 0 Å². The maximum absolute atomic E-state index is 12.8. The van der Waals surface area contributed by atoms with Gasteiger partial charge in [0, 0.05) is 53.0 Å². The minimum atomic E-state index is -3.18. The maximum atomic E-state index is 12.8. The number of aryl methyl sites for hydroxylation is 1. The fourth-order valence-corrected chi connectivity index (χ4v) is 5.43. The Hall–Kier alpha value is -2.38. The quantitative estimate of drug-likeness (QED) is 0.691. The number of benzene rings is 2. The molecule has 0 saturated carbocycles. The number of aromatic nitrogens is 1. The third kappa shape index (κ3) is 3.65. The first-order valence-corrected chi connectivity index (χ1v) is 11.8. The molecule has 1 amide bonds. The molecule has 7 heteroatoms. The Morgan fingerprint density at radius 3 is 2.41 bits per heavy atom. The molecule has 1 fully saturated rings. The molecule has 3 aromatic rings. The number of carbonyl (C=O) groups is 1. The highest BCUT2D eigenvalue weighted by molar-refractivity contribution is 7.89. The Kier molecular flexibility index (Phi) is 5.36. The summed E-state index contributed by atoms with van der Waals surface area (Å²) in [6.07, 6.45) is 1.12. The second-order valence-corrected chi connectivity index (χ2v) is 9.81. The molecule has 4 rings (SSSR count). The van der Waals surface area contributed by atoms with Gasteiger partial charge in [-0.25, -0.2) is 12.7 Å². The predicted molar refractivity (Wildman–Crippen MR) is 118 cm³/mol. The standard InChI is InChI=1S/C22H27N3O3S/c1-3-25-20-8-6-5-7-18(20)19-15-17(9-10-21(19)25)23-22(26)16-11-13-24(14-12-16)29(27,28)4-2/h5-10,15-16H,3-4,11-14H2,1-2H3,(H,23,26). The number of nitrogens with zero attached hydrogens (tertiary/aromatic N) is 2. The normalized spacial score (nSPS) is 16.5. The number of sulfonamides is 1. The Balaban J connectivity index is 1.53. The Morgan fingerprint density at radius 2 is 1.72 bits per heavy atom. The summed E-state index contributed by atoms with van der Waals surface area (Å²) in [5, 5.41) is 5.36. The average molecular weight is 414 g/mol. The molecule has 0 atom stereocenters. The first-order valence-electron chi connectivity index (χ1n) is 10.2. The number of fused-ring (bicyclic) bond motifs is 3. The maximum Gasteiger partial charge on any atom is 0.227 e. The van der Waals surface area contributed by atoms with Crippen LogP contribution in [0.25, 0.3) is 21.8 Å². The van der Waals surface area contributed by atoms with Crippen LogP contribution in [0.1, 0.15) is 26.7 Å². The molecule has 2 heterocycles. The fourth-order valence-electron chi connectivity index (χ4n) is 4.30. The average Bonchev–Trinajstić information content (AvgIpc) is 3.07. The van der Waals surface area contributed by atoms with Crippen molar-refractivity contribution in [1.29, 1.82) is 0 Å². The number of hydrogen-bond donors (Lipinski definition) is 1. The van der Waals surface area contributed by atoms with E-state index < -0.39 is 10.0 Å². The summed E-state index contributed by atoms with van der Waals surface area (Å²) in [5.41, 5.74) is 3.13. The second-order valence-electron chi connectivity index (χ2n) is 7.56. The van der Waals surface area contributed by atoms with Gasteiger partial charge < -0.3 is 9.88 Å². The van der Waals surface area contributed by atoms with Crippen molar-refractivity contribution in [2.24, 2.45) is 5.92 Å². The number of rotatable bonds is 5. The van der Waals surface area contributed by atoms with Gasteiger partial charge in [0.2, 0.25) is 15.9 Å². The third-order valence-corrected chi connectivity index (χ3v) is 7.82. The van der Waals surface area contributed by atoms with Crippen LogP contribution in [0.2, 0.25) is 0 Å². The lowest BCUT2D eigenvalue weighted by Gasteiger charge is -2.30. The van der Waals surface area contributed by atoms with E-state index in [1.807, 2.05) is 24.3 Å². The summed E-state index contributed by atoms with van der Waals surface area (Å²) in [6.45, 7) is 5.50. The third-order valence-electron chi connectivity index (χ3n) is 5.94. The molecule has 0 spiro atoms. The monoisotopic (exact) mass is 413 g/mol. The lowest BCUT2D eigenvalue weighted by molar-refractivity contribution is -0.120. The zero-order chi connectivity index (χ0) is 20.6. The molecule has 0 unspecified atom stereocenters. The SMILES string of the molecule is CCn1c2ccccc2c2cc(NC(=O)C3CCN(S(=O)(=O)CC)CC3)ccc21. The van der Waals surface area contributed by atoms with Gasteiger partial charge in [0.05, 0.1) is 5.75 Å². The van der Waals surface area contributed by atoms with Crippen molar-refractivity contribution >= 4 is 43.4 Å². The summed E-state index contributed by atoms with van der Waals surface area (Å²) in [5.74, 6) is -0.0852. The zero-order valence-corrected chi connectivity index (χ0v) is 17.7. The van der Waals surface area contributed by atoms with Crippen molar-refractivity contribution in [3.8, 4) is 0 Å². The van der Waals surface area contributed by atoms with E-state index >= 15 is 0 Å². The first-order chi connectivity index (χ1) is 13.9. The zero-order valence-electron chi connectivity index (χ0n) is 16.9. The molecule has 1 N–H and O–H groups in total. The largest absolute Gasteiger partial charge is 0.341 e. The summed E-state index contributed by atoms with van der Waals surface area (Å²) < 4.78 is 27.8. The topological polar surface area (TPSA) is 71.4 Å². The van der Waals surface area contributed by atoms with Crippen LogP contribution in [-0.2, 0) is 21.4 Å². The molecule has 1 aromatic heterocycles. The summed E-state index contributed by atoms with van der Waals surface area (Å²) >= 11 is 0. The highest BCUT2D eigenvalue weighted by Crippen LogP contribution is 2.31. The van der Waals surface area contributed by atoms with Crippen LogP contribution in [-0.4, -0.2) is 42.0 Å². The minimum Gasteiger partial charge on any atom is -0.341 e. The van der Waals surface area contributed by atoms with Crippen LogP contribution in [0.15, 0.2) is 42.5 Å². The molecule has 29 heavy (non-hydrogen) atoms. The van der Waals surface area contributed by atoms with E-state index in [1.165, 1.54) is 15.2 Å². The van der Waals surface area contributed by atoms with Gasteiger partial charge in [0.15, 0.2) is 0 Å². The molecular formula is C22H27N3O3S. The summed E-state index contributed by atoms with van der Waals surface area (Å²) in [7, 11) is -3.18. The first kappa shape index (κ1) is 19.9. The molecule has 2 aromatic carbocycles. The van der Waals surface area contributed by atoms with Crippen LogP contribution in [0.4, 0.5) is 5.69 Å². The van der Waals surface area contributed by atoms with E-state index in [4.69, 9.17) is 0 Å². The van der Waals surface area contributed by atoms with Gasteiger partial charge in [-0.15, -0.1) is 0 Å². The van der Waals surface area contributed by atoms with Crippen molar-refractivity contribution in [3.05, 3.63) is 42.5 Å². The minimum absolute atomic E-state index is 0.0304. The number of carbonyl (C=O) groups excluding carboxylic acids is 1. The summed E-state index contributed by atoms with van der Waals surface area (Å²) in [4.78, 5) is 12.8. The smallest absolute Gasteiger partial charge is 0.227 e. The molecule has 154 valence electrons. The number of amides is 1. The van der Waals surface area contributed by atoms with Crippen molar-refractivity contribution in [1.82, 2.24) is 8.87 Å². The van der Waals surface area contributed by atoms with E-state index in [0.717, 1.165) is 23.1 Å². The molecule has 1 aliphatic heterocycles.